The number of nitrogens with two attached hydrogens (primary N) is 1. The van der Waals surface area contributed by atoms with Gasteiger partial charge in [0.05, 0.1) is 13.7 Å². The number of carbonyl (C=O) groups is 1. The smallest absolute Gasteiger partial charge is 0.330 e. The van der Waals surface area contributed by atoms with Crippen LogP contribution >= 0.6 is 0 Å². The molecule has 0 aliphatic heterocycles. The molecule has 34 heavy (non-hydrogen) atoms. The summed E-state index contributed by atoms with van der Waals surface area (Å²) in [6.45, 7) is 4.38. The van der Waals surface area contributed by atoms with E-state index >= 15 is 0 Å². The van der Waals surface area contributed by atoms with Crippen LogP contribution in [0.4, 0.5) is 11.5 Å². The van der Waals surface area contributed by atoms with E-state index in [-0.39, 0.29) is 18.1 Å². The number of hydrogen-bond acceptors (Lipinski definition) is 5. The van der Waals surface area contributed by atoms with Gasteiger partial charge in [-0.2, -0.15) is 0 Å². The number of carbonyl (C=O) groups excluding carboxylic acids is 1. The number of anilines is 2. The molecule has 1 aromatic heterocycles. The van der Waals surface area contributed by atoms with Gasteiger partial charge in [0.25, 0.3) is 11.5 Å². The van der Waals surface area contributed by atoms with E-state index in [0.717, 1.165) is 23.1 Å². The lowest BCUT2D eigenvalue weighted by atomic mass is 10.1. The number of nitrogens with one attached hydrogen (secondary N) is 1. The average molecular weight is 463 g/mol. The molecule has 0 fully saturated rings. The molecule has 0 aliphatic rings. The van der Waals surface area contributed by atoms with Gasteiger partial charge in [-0.25, -0.2) is 4.79 Å². The SMILES string of the molecule is CCCCn1c(N)c(N(Cc2ccccc2)C(=O)/C=C/c2cc(C)ccc2OC)c(=O)[nH]c1=O. The van der Waals surface area contributed by atoms with Gasteiger partial charge in [0.2, 0.25) is 0 Å². The molecule has 3 rings (SSSR count). The van der Waals surface area contributed by atoms with Crippen LogP contribution in [0.25, 0.3) is 6.08 Å². The summed E-state index contributed by atoms with van der Waals surface area (Å²) in [7, 11) is 1.56. The van der Waals surface area contributed by atoms with Crippen LogP contribution in [0.2, 0.25) is 0 Å². The highest BCUT2D eigenvalue weighted by Crippen LogP contribution is 2.23. The number of aryl methyl sites for hydroxylation is 1. The molecule has 178 valence electrons. The van der Waals surface area contributed by atoms with E-state index in [1.165, 1.54) is 15.5 Å². The monoisotopic (exact) mass is 462 g/mol. The Hall–Kier alpha value is -4.07. The Labute approximate surface area is 198 Å². The summed E-state index contributed by atoms with van der Waals surface area (Å²) in [5.74, 6) is 0.132. The summed E-state index contributed by atoms with van der Waals surface area (Å²) in [4.78, 5) is 42.3. The second kappa shape index (κ2) is 11.2. The maximum Gasteiger partial charge on any atom is 0.330 e. The zero-order valence-corrected chi connectivity index (χ0v) is 19.7. The number of ether oxygens (including phenoxy) is 1. The fraction of sp³-hybridized carbons (Fsp3) is 0.269. The standard InChI is InChI=1S/C26H30N4O4/c1-4-5-15-29-24(27)23(25(32)28-26(29)33)30(17-19-9-7-6-8-10-19)22(31)14-12-20-16-18(2)11-13-21(20)34-3/h6-14,16H,4-5,15,17,27H2,1-3H3,(H,28,32,33)/b14-12+. The largest absolute Gasteiger partial charge is 0.496 e. The van der Waals surface area contributed by atoms with Gasteiger partial charge in [0, 0.05) is 18.2 Å². The van der Waals surface area contributed by atoms with E-state index in [9.17, 15) is 14.4 Å². The molecule has 0 bridgehead atoms. The molecule has 8 nitrogen and oxygen atoms in total. The van der Waals surface area contributed by atoms with Gasteiger partial charge in [-0.3, -0.25) is 24.0 Å². The molecule has 2 aromatic carbocycles. The van der Waals surface area contributed by atoms with Gasteiger partial charge in [0.1, 0.15) is 11.6 Å². The average Bonchev–Trinajstić information content (AvgIpc) is 2.82. The van der Waals surface area contributed by atoms with E-state index in [2.05, 4.69) is 4.98 Å². The number of nitrogens with zero attached hydrogens (tertiary/aromatic N) is 2. The van der Waals surface area contributed by atoms with Crippen molar-refractivity contribution in [3.63, 3.8) is 0 Å². The molecular weight excluding hydrogens is 432 g/mol. The first kappa shape index (κ1) is 24.6. The Bertz CT molecular complexity index is 1290. The van der Waals surface area contributed by atoms with E-state index in [1.54, 1.807) is 13.2 Å². The normalized spacial score (nSPS) is 11.0. The van der Waals surface area contributed by atoms with Crippen LogP contribution < -0.4 is 26.6 Å². The first-order valence-corrected chi connectivity index (χ1v) is 11.2. The zero-order chi connectivity index (χ0) is 24.7. The van der Waals surface area contributed by atoms with Crippen LogP contribution in [0.15, 0.2) is 64.2 Å². The Morgan fingerprint density at radius 3 is 2.59 bits per heavy atom. The Morgan fingerprint density at radius 2 is 1.91 bits per heavy atom. The maximum atomic E-state index is 13.4. The minimum absolute atomic E-state index is 0.0342. The number of aromatic nitrogens is 2. The predicted molar refractivity (Wildman–Crippen MR) is 135 cm³/mol. The molecule has 0 atom stereocenters. The predicted octanol–water partition coefficient (Wildman–Crippen LogP) is 3.48. The highest BCUT2D eigenvalue weighted by Gasteiger charge is 2.23. The summed E-state index contributed by atoms with van der Waals surface area (Å²) >= 11 is 0. The molecule has 0 spiro atoms. The minimum atomic E-state index is -0.707. The number of hydrogen-bond donors (Lipinski definition) is 2. The van der Waals surface area contributed by atoms with Crippen molar-refractivity contribution in [3.8, 4) is 5.75 Å². The summed E-state index contributed by atoms with van der Waals surface area (Å²) in [5.41, 5.74) is 7.49. The molecule has 1 heterocycles. The molecule has 3 aromatic rings. The van der Waals surface area contributed by atoms with Crippen molar-refractivity contribution in [1.29, 1.82) is 0 Å². The zero-order valence-electron chi connectivity index (χ0n) is 19.7. The molecule has 1 amide bonds. The fourth-order valence-electron chi connectivity index (χ4n) is 3.64. The fourth-order valence-corrected chi connectivity index (χ4v) is 3.64. The van der Waals surface area contributed by atoms with Crippen molar-refractivity contribution in [3.05, 3.63) is 92.1 Å². The highest BCUT2D eigenvalue weighted by molar-refractivity contribution is 6.05. The van der Waals surface area contributed by atoms with Crippen LogP contribution in [-0.4, -0.2) is 22.6 Å². The third-order valence-corrected chi connectivity index (χ3v) is 5.46. The van der Waals surface area contributed by atoms with Crippen molar-refractivity contribution < 1.29 is 9.53 Å². The van der Waals surface area contributed by atoms with Gasteiger partial charge >= 0.3 is 5.69 Å². The number of H-pyrrole nitrogens is 1. The van der Waals surface area contributed by atoms with Crippen molar-refractivity contribution in [2.24, 2.45) is 0 Å². The van der Waals surface area contributed by atoms with E-state index in [0.29, 0.717) is 18.7 Å². The van der Waals surface area contributed by atoms with E-state index in [1.807, 2.05) is 62.4 Å². The van der Waals surface area contributed by atoms with Gasteiger partial charge in [-0.15, -0.1) is 0 Å². The quantitative estimate of drug-likeness (QED) is 0.473. The van der Waals surface area contributed by atoms with Gasteiger partial charge in [-0.1, -0.05) is 55.3 Å². The molecule has 8 heteroatoms. The number of amides is 1. The first-order chi connectivity index (χ1) is 16.3. The number of rotatable bonds is 9. The molecule has 0 saturated carbocycles. The molecule has 0 saturated heterocycles. The lowest BCUT2D eigenvalue weighted by Gasteiger charge is -2.23. The Morgan fingerprint density at radius 1 is 1.18 bits per heavy atom. The second-order valence-electron chi connectivity index (χ2n) is 7.99. The van der Waals surface area contributed by atoms with Crippen LogP contribution in [0.1, 0.15) is 36.5 Å². The number of nitrogen functional groups attached to an aromatic ring is 1. The second-order valence-corrected chi connectivity index (χ2v) is 7.99. The topological polar surface area (TPSA) is 110 Å². The lowest BCUT2D eigenvalue weighted by Crippen LogP contribution is -2.40. The van der Waals surface area contributed by atoms with Crippen molar-refractivity contribution in [2.45, 2.75) is 39.8 Å². The number of benzene rings is 2. The molecule has 3 N–H and O–H groups in total. The Balaban J connectivity index is 2.08. The summed E-state index contributed by atoms with van der Waals surface area (Å²) < 4.78 is 6.69. The highest BCUT2D eigenvalue weighted by atomic mass is 16.5. The van der Waals surface area contributed by atoms with Crippen LogP contribution in [0.3, 0.4) is 0 Å². The van der Waals surface area contributed by atoms with Crippen molar-refractivity contribution in [1.82, 2.24) is 9.55 Å². The minimum Gasteiger partial charge on any atom is -0.496 e. The summed E-state index contributed by atoms with van der Waals surface area (Å²) in [6, 6.07) is 14.9. The molecule has 0 unspecified atom stereocenters. The molecule has 0 radical (unpaired) electrons. The van der Waals surface area contributed by atoms with E-state index < -0.39 is 17.2 Å². The third kappa shape index (κ3) is 5.64. The van der Waals surface area contributed by atoms with Crippen LogP contribution in [-0.2, 0) is 17.9 Å². The maximum absolute atomic E-state index is 13.4. The van der Waals surface area contributed by atoms with Crippen LogP contribution in [0, 0.1) is 6.92 Å². The van der Waals surface area contributed by atoms with E-state index in [4.69, 9.17) is 10.5 Å². The molecule has 0 aliphatic carbocycles. The Kier molecular flexibility index (Phi) is 8.08. The number of methoxy groups -OCH3 is 1. The molecular formula is C26H30N4O4. The van der Waals surface area contributed by atoms with Crippen LogP contribution in [0.5, 0.6) is 5.75 Å². The number of aromatic amines is 1. The van der Waals surface area contributed by atoms with Gasteiger partial charge < -0.3 is 10.5 Å². The van der Waals surface area contributed by atoms with Gasteiger partial charge in [-0.05, 0) is 37.1 Å². The third-order valence-electron chi connectivity index (χ3n) is 5.46. The van der Waals surface area contributed by atoms with Crippen molar-refractivity contribution in [2.75, 3.05) is 17.7 Å². The first-order valence-electron chi connectivity index (χ1n) is 11.2. The lowest BCUT2D eigenvalue weighted by molar-refractivity contribution is -0.114. The summed E-state index contributed by atoms with van der Waals surface area (Å²) in [5, 5.41) is 0. The van der Waals surface area contributed by atoms with Crippen molar-refractivity contribution >= 4 is 23.5 Å². The number of unbranched alkanes of at least 4 members (excludes halogenated alkanes) is 1. The summed E-state index contributed by atoms with van der Waals surface area (Å²) in [6.07, 6.45) is 4.56. The van der Waals surface area contributed by atoms with Gasteiger partial charge in [0.15, 0.2) is 5.69 Å².